The molecule has 0 saturated heterocycles. The van der Waals surface area contributed by atoms with E-state index in [0.717, 1.165) is 36.0 Å². The average molecular weight is 475 g/mol. The minimum Gasteiger partial charge on any atom is -0.481 e. The lowest BCUT2D eigenvalue weighted by atomic mass is 9.89. The van der Waals surface area contributed by atoms with E-state index < -0.39 is 5.97 Å². The van der Waals surface area contributed by atoms with E-state index in [1.165, 1.54) is 7.11 Å². The van der Waals surface area contributed by atoms with Gasteiger partial charge in [-0.05, 0) is 42.0 Å². The van der Waals surface area contributed by atoms with E-state index in [1.54, 1.807) is 25.4 Å². The molecule has 184 valence electrons. The molecule has 1 atom stereocenters. The summed E-state index contributed by atoms with van der Waals surface area (Å²) in [6, 6.07) is 18.8. The molecular formula is C29H34N2O4. The van der Waals surface area contributed by atoms with E-state index in [1.807, 2.05) is 48.5 Å². The molecule has 6 heteroatoms. The normalized spacial score (nSPS) is 11.7. The Labute approximate surface area is 207 Å². The number of methoxy groups -OCH3 is 2. The van der Waals surface area contributed by atoms with E-state index in [-0.39, 0.29) is 18.2 Å². The molecule has 3 aromatic rings. The van der Waals surface area contributed by atoms with Gasteiger partial charge >= 0.3 is 5.97 Å². The highest BCUT2D eigenvalue weighted by Crippen LogP contribution is 2.34. The predicted octanol–water partition coefficient (Wildman–Crippen LogP) is 6.48. The van der Waals surface area contributed by atoms with E-state index in [4.69, 9.17) is 9.47 Å². The summed E-state index contributed by atoms with van der Waals surface area (Å²) in [6.07, 6.45) is 4.90. The number of rotatable bonds is 11. The van der Waals surface area contributed by atoms with Crippen molar-refractivity contribution >= 4 is 17.6 Å². The fourth-order valence-electron chi connectivity index (χ4n) is 4.21. The van der Waals surface area contributed by atoms with Gasteiger partial charge in [0.1, 0.15) is 0 Å². The second kappa shape index (κ2) is 12.7. The van der Waals surface area contributed by atoms with Crippen molar-refractivity contribution in [1.82, 2.24) is 4.98 Å². The summed E-state index contributed by atoms with van der Waals surface area (Å²) in [6.45, 7) is 4.40. The van der Waals surface area contributed by atoms with E-state index >= 15 is 0 Å². The van der Waals surface area contributed by atoms with Gasteiger partial charge in [0.2, 0.25) is 11.8 Å². The van der Waals surface area contributed by atoms with Crippen molar-refractivity contribution in [3.8, 4) is 17.0 Å². The van der Waals surface area contributed by atoms with Crippen LogP contribution in [0, 0.1) is 5.92 Å². The van der Waals surface area contributed by atoms with Crippen LogP contribution in [-0.2, 0) is 9.53 Å². The van der Waals surface area contributed by atoms with Crippen LogP contribution in [0.4, 0.5) is 5.69 Å². The Kier molecular flexibility index (Phi) is 9.41. The highest BCUT2D eigenvalue weighted by Gasteiger charge is 2.22. The Balaban J connectivity index is 1.88. The maximum Gasteiger partial charge on any atom is 0.337 e. The fourth-order valence-corrected chi connectivity index (χ4v) is 4.21. The summed E-state index contributed by atoms with van der Waals surface area (Å²) in [5.74, 6) is 0.514. The number of hydrogen-bond acceptors (Lipinski definition) is 5. The topological polar surface area (TPSA) is 77.5 Å². The average Bonchev–Trinajstić information content (AvgIpc) is 2.87. The van der Waals surface area contributed by atoms with Crippen LogP contribution in [0.3, 0.4) is 0 Å². The summed E-state index contributed by atoms with van der Waals surface area (Å²) in [7, 11) is 2.94. The number of hydrogen-bond donors (Lipinski definition) is 1. The highest BCUT2D eigenvalue weighted by atomic mass is 16.5. The zero-order valence-corrected chi connectivity index (χ0v) is 20.9. The molecule has 1 heterocycles. The minimum atomic E-state index is -0.452. The van der Waals surface area contributed by atoms with Crippen molar-refractivity contribution < 1.29 is 19.1 Å². The third kappa shape index (κ3) is 7.15. The maximum atomic E-state index is 13.3. The number of benzene rings is 2. The SMILES string of the molecule is COC(=O)c1ccc(-c2ccccc2)c(NC(=O)CC(CCCC(C)C)c2cccnc2OC)c1. The number of nitrogens with one attached hydrogen (secondary N) is 1. The van der Waals surface area contributed by atoms with Crippen molar-refractivity contribution in [2.75, 3.05) is 19.5 Å². The van der Waals surface area contributed by atoms with Gasteiger partial charge in [-0.15, -0.1) is 0 Å². The van der Waals surface area contributed by atoms with Crippen LogP contribution in [0.5, 0.6) is 5.88 Å². The van der Waals surface area contributed by atoms with Gasteiger partial charge < -0.3 is 14.8 Å². The van der Waals surface area contributed by atoms with Gasteiger partial charge in [-0.25, -0.2) is 9.78 Å². The number of ether oxygens (including phenoxy) is 2. The number of esters is 1. The predicted molar refractivity (Wildman–Crippen MR) is 139 cm³/mol. The first kappa shape index (κ1) is 25.9. The summed E-state index contributed by atoms with van der Waals surface area (Å²) in [5.41, 5.74) is 3.66. The first-order valence-corrected chi connectivity index (χ1v) is 12.0. The first-order valence-electron chi connectivity index (χ1n) is 12.0. The Morgan fingerprint density at radius 2 is 1.74 bits per heavy atom. The molecule has 2 aromatic carbocycles. The molecule has 0 spiro atoms. The second-order valence-corrected chi connectivity index (χ2v) is 8.99. The van der Waals surface area contributed by atoms with Crippen molar-refractivity contribution in [2.45, 2.75) is 45.4 Å². The Bertz CT molecular complexity index is 1130. The molecule has 0 fully saturated rings. The molecule has 6 nitrogen and oxygen atoms in total. The van der Waals surface area contributed by atoms with Crippen LogP contribution in [0.25, 0.3) is 11.1 Å². The van der Waals surface area contributed by atoms with Crippen LogP contribution in [0.2, 0.25) is 0 Å². The molecule has 0 saturated carbocycles. The van der Waals surface area contributed by atoms with Crippen LogP contribution in [-0.4, -0.2) is 31.1 Å². The van der Waals surface area contributed by atoms with Crippen LogP contribution >= 0.6 is 0 Å². The molecule has 1 N–H and O–H groups in total. The third-order valence-corrected chi connectivity index (χ3v) is 6.00. The van der Waals surface area contributed by atoms with E-state index in [0.29, 0.717) is 23.0 Å². The van der Waals surface area contributed by atoms with Crippen LogP contribution < -0.4 is 10.1 Å². The van der Waals surface area contributed by atoms with Crippen molar-refractivity contribution in [2.24, 2.45) is 5.92 Å². The standard InChI is InChI=1S/C29H34N2O4/c1-20(2)10-8-13-22(25-14-9-17-30-28(25)34-3)19-27(32)31-26-18-23(29(33)35-4)15-16-24(26)21-11-6-5-7-12-21/h5-7,9,11-12,14-18,20,22H,8,10,13,19H2,1-4H3,(H,31,32). The van der Waals surface area contributed by atoms with E-state index in [9.17, 15) is 9.59 Å². The Morgan fingerprint density at radius 3 is 2.43 bits per heavy atom. The monoisotopic (exact) mass is 474 g/mol. The molecule has 0 aliphatic heterocycles. The zero-order valence-electron chi connectivity index (χ0n) is 20.9. The molecule has 35 heavy (non-hydrogen) atoms. The van der Waals surface area contributed by atoms with Crippen molar-refractivity contribution in [3.63, 3.8) is 0 Å². The molecule has 0 radical (unpaired) electrons. The minimum absolute atomic E-state index is 0.0404. The van der Waals surface area contributed by atoms with Crippen LogP contribution in [0.1, 0.15) is 61.4 Å². The number of carbonyl (C=O) groups is 2. The van der Waals surface area contributed by atoms with Gasteiger partial charge in [0.05, 0.1) is 19.8 Å². The number of amides is 1. The van der Waals surface area contributed by atoms with Crippen molar-refractivity contribution in [1.29, 1.82) is 0 Å². The quantitative estimate of drug-likeness (QED) is 0.322. The molecule has 3 rings (SSSR count). The fraction of sp³-hybridized carbons (Fsp3) is 0.345. The summed E-state index contributed by atoms with van der Waals surface area (Å²) < 4.78 is 10.4. The number of nitrogens with zero attached hydrogens (tertiary/aromatic N) is 1. The van der Waals surface area contributed by atoms with Gasteiger partial charge in [0.25, 0.3) is 0 Å². The van der Waals surface area contributed by atoms with Crippen LogP contribution in [0.15, 0.2) is 66.9 Å². The largest absolute Gasteiger partial charge is 0.481 e. The number of carbonyl (C=O) groups excluding carboxylic acids is 2. The highest BCUT2D eigenvalue weighted by molar-refractivity contribution is 5.99. The lowest BCUT2D eigenvalue weighted by Crippen LogP contribution is -2.17. The Morgan fingerprint density at radius 1 is 0.971 bits per heavy atom. The Hall–Kier alpha value is -3.67. The number of pyridine rings is 1. The lowest BCUT2D eigenvalue weighted by Gasteiger charge is -2.20. The molecule has 1 unspecified atom stereocenters. The molecule has 1 aromatic heterocycles. The van der Waals surface area contributed by atoms with Gasteiger partial charge in [0.15, 0.2) is 0 Å². The second-order valence-electron chi connectivity index (χ2n) is 8.99. The number of anilines is 1. The molecule has 0 aliphatic carbocycles. The molecule has 0 bridgehead atoms. The smallest absolute Gasteiger partial charge is 0.337 e. The maximum absolute atomic E-state index is 13.3. The van der Waals surface area contributed by atoms with Gasteiger partial charge in [-0.1, -0.05) is 69.2 Å². The van der Waals surface area contributed by atoms with E-state index in [2.05, 4.69) is 24.1 Å². The summed E-state index contributed by atoms with van der Waals surface area (Å²) in [5, 5.41) is 3.06. The summed E-state index contributed by atoms with van der Waals surface area (Å²) in [4.78, 5) is 29.8. The number of aromatic nitrogens is 1. The van der Waals surface area contributed by atoms with Gasteiger partial charge in [0, 0.05) is 29.4 Å². The lowest BCUT2D eigenvalue weighted by molar-refractivity contribution is -0.116. The van der Waals surface area contributed by atoms with Gasteiger partial charge in [-0.3, -0.25) is 4.79 Å². The molecule has 0 aliphatic rings. The van der Waals surface area contributed by atoms with Gasteiger partial charge in [-0.2, -0.15) is 0 Å². The zero-order chi connectivity index (χ0) is 25.2. The third-order valence-electron chi connectivity index (χ3n) is 6.00. The first-order chi connectivity index (χ1) is 16.9. The van der Waals surface area contributed by atoms with Crippen molar-refractivity contribution in [3.05, 3.63) is 78.0 Å². The summed E-state index contributed by atoms with van der Waals surface area (Å²) >= 11 is 0. The molecular weight excluding hydrogens is 440 g/mol. The molecule has 1 amide bonds.